The third kappa shape index (κ3) is 3.79. The molecule has 0 aromatic carbocycles. The maximum atomic E-state index is 12.2. The molecule has 1 fully saturated rings. The van der Waals surface area contributed by atoms with Crippen molar-refractivity contribution in [2.75, 3.05) is 19.3 Å². The number of aryl methyl sites for hydroxylation is 1. The van der Waals surface area contributed by atoms with E-state index >= 15 is 0 Å². The van der Waals surface area contributed by atoms with Crippen LogP contribution in [0.15, 0.2) is 16.3 Å². The third-order valence-corrected chi connectivity index (χ3v) is 7.44. The van der Waals surface area contributed by atoms with Crippen molar-refractivity contribution < 1.29 is 16.8 Å². The van der Waals surface area contributed by atoms with Gasteiger partial charge in [-0.25, -0.2) is 25.9 Å². The number of piperidine rings is 1. The lowest BCUT2D eigenvalue weighted by molar-refractivity contribution is 0.305. The van der Waals surface area contributed by atoms with E-state index in [2.05, 4.69) is 4.72 Å². The Morgan fingerprint density at radius 1 is 1.30 bits per heavy atom. The molecule has 114 valence electrons. The van der Waals surface area contributed by atoms with Crippen LogP contribution in [0.1, 0.15) is 17.7 Å². The molecule has 0 saturated carbocycles. The van der Waals surface area contributed by atoms with Crippen LogP contribution in [0.25, 0.3) is 0 Å². The van der Waals surface area contributed by atoms with Crippen LogP contribution >= 0.6 is 11.3 Å². The zero-order valence-electron chi connectivity index (χ0n) is 11.4. The van der Waals surface area contributed by atoms with Crippen molar-refractivity contribution in [3.8, 4) is 0 Å². The monoisotopic (exact) mass is 338 g/mol. The second-order valence-corrected chi connectivity index (χ2v) is 10.2. The molecule has 0 spiro atoms. The summed E-state index contributed by atoms with van der Waals surface area (Å²) < 4.78 is 51.6. The molecule has 0 bridgehead atoms. The quantitative estimate of drug-likeness (QED) is 0.878. The smallest absolute Gasteiger partial charge is 0.213 e. The highest BCUT2D eigenvalue weighted by molar-refractivity contribution is 7.91. The van der Waals surface area contributed by atoms with Gasteiger partial charge in [0.2, 0.25) is 20.0 Å². The lowest BCUT2D eigenvalue weighted by Gasteiger charge is -2.31. The standard InChI is InChI=1S/C11H18N2O4S3/c1-9-5-6-11(18-9)20(16,17)12-10-4-3-7-13(8-10)19(2,14)15/h5-6,10,12H,3-4,7-8H2,1-2H3. The van der Waals surface area contributed by atoms with Gasteiger partial charge in [-0.15, -0.1) is 11.3 Å². The van der Waals surface area contributed by atoms with Gasteiger partial charge in [-0.05, 0) is 31.9 Å². The van der Waals surface area contributed by atoms with E-state index in [-0.39, 0.29) is 16.8 Å². The average molecular weight is 338 g/mol. The first-order valence-electron chi connectivity index (χ1n) is 6.22. The van der Waals surface area contributed by atoms with Gasteiger partial charge in [-0.3, -0.25) is 0 Å². The van der Waals surface area contributed by atoms with E-state index in [4.69, 9.17) is 0 Å². The van der Waals surface area contributed by atoms with Crippen LogP contribution < -0.4 is 4.72 Å². The Hall–Kier alpha value is -0.480. The van der Waals surface area contributed by atoms with E-state index in [0.717, 1.165) is 11.1 Å². The van der Waals surface area contributed by atoms with Gasteiger partial charge in [0.15, 0.2) is 0 Å². The molecule has 2 rings (SSSR count). The summed E-state index contributed by atoms with van der Waals surface area (Å²) in [5, 5.41) is 0. The molecule has 1 aliphatic heterocycles. The topological polar surface area (TPSA) is 83.6 Å². The summed E-state index contributed by atoms with van der Waals surface area (Å²) >= 11 is 1.21. The molecular weight excluding hydrogens is 320 g/mol. The number of rotatable bonds is 4. The van der Waals surface area contributed by atoms with E-state index in [1.54, 1.807) is 12.1 Å². The summed E-state index contributed by atoms with van der Waals surface area (Å²) in [7, 11) is -6.83. The van der Waals surface area contributed by atoms with Crippen LogP contribution in [-0.4, -0.2) is 46.5 Å². The lowest BCUT2D eigenvalue weighted by Crippen LogP contribution is -2.49. The predicted molar refractivity (Wildman–Crippen MR) is 78.8 cm³/mol. The fourth-order valence-electron chi connectivity index (χ4n) is 2.17. The minimum atomic E-state index is -3.56. The van der Waals surface area contributed by atoms with Crippen molar-refractivity contribution in [3.05, 3.63) is 17.0 Å². The van der Waals surface area contributed by atoms with E-state index < -0.39 is 20.0 Å². The average Bonchev–Trinajstić information content (AvgIpc) is 2.75. The zero-order valence-corrected chi connectivity index (χ0v) is 13.8. The van der Waals surface area contributed by atoms with Crippen LogP contribution in [0.4, 0.5) is 0 Å². The number of hydrogen-bond donors (Lipinski definition) is 1. The Morgan fingerprint density at radius 2 is 2.00 bits per heavy atom. The highest BCUT2D eigenvalue weighted by Crippen LogP contribution is 2.22. The largest absolute Gasteiger partial charge is 0.250 e. The number of nitrogens with zero attached hydrogens (tertiary/aromatic N) is 1. The summed E-state index contributed by atoms with van der Waals surface area (Å²) in [5.41, 5.74) is 0. The minimum Gasteiger partial charge on any atom is -0.213 e. The molecule has 6 nitrogen and oxygen atoms in total. The summed E-state index contributed by atoms with van der Waals surface area (Å²) in [5.74, 6) is 0. The molecular formula is C11H18N2O4S3. The van der Waals surface area contributed by atoms with Crippen LogP contribution in [0.5, 0.6) is 0 Å². The first-order valence-corrected chi connectivity index (χ1v) is 10.4. The first-order chi connectivity index (χ1) is 9.18. The van der Waals surface area contributed by atoms with Gasteiger partial charge in [-0.2, -0.15) is 0 Å². The molecule has 0 amide bonds. The Balaban J connectivity index is 2.10. The van der Waals surface area contributed by atoms with E-state index in [9.17, 15) is 16.8 Å². The fourth-order valence-corrected chi connectivity index (χ4v) is 5.65. The number of sulfonamides is 2. The molecule has 1 aliphatic rings. The summed E-state index contributed by atoms with van der Waals surface area (Å²) in [4.78, 5) is 0.923. The molecule has 0 radical (unpaired) electrons. The molecule has 1 aromatic rings. The Morgan fingerprint density at radius 3 is 2.55 bits per heavy atom. The van der Waals surface area contributed by atoms with Crippen molar-refractivity contribution in [3.63, 3.8) is 0 Å². The minimum absolute atomic E-state index is 0.197. The molecule has 1 N–H and O–H groups in total. The molecule has 20 heavy (non-hydrogen) atoms. The fraction of sp³-hybridized carbons (Fsp3) is 0.636. The van der Waals surface area contributed by atoms with Crippen molar-refractivity contribution in [1.82, 2.24) is 9.03 Å². The number of hydrogen-bond acceptors (Lipinski definition) is 5. The van der Waals surface area contributed by atoms with Crippen molar-refractivity contribution in [2.24, 2.45) is 0 Å². The molecule has 0 aliphatic carbocycles. The van der Waals surface area contributed by atoms with Crippen LogP contribution in [0, 0.1) is 6.92 Å². The second kappa shape index (κ2) is 5.72. The molecule has 1 saturated heterocycles. The second-order valence-electron chi connectivity index (χ2n) is 4.95. The van der Waals surface area contributed by atoms with Crippen LogP contribution in [0.3, 0.4) is 0 Å². The van der Waals surface area contributed by atoms with Crippen molar-refractivity contribution >= 4 is 31.4 Å². The highest BCUT2D eigenvalue weighted by Gasteiger charge is 2.29. The lowest BCUT2D eigenvalue weighted by atomic mass is 10.1. The Labute approximate surface area is 123 Å². The van der Waals surface area contributed by atoms with Gasteiger partial charge < -0.3 is 0 Å². The third-order valence-electron chi connectivity index (χ3n) is 3.16. The van der Waals surface area contributed by atoms with Gasteiger partial charge in [0.1, 0.15) is 4.21 Å². The first kappa shape index (κ1) is 15.9. The molecule has 1 aromatic heterocycles. The van der Waals surface area contributed by atoms with Gasteiger partial charge in [0.05, 0.1) is 6.26 Å². The molecule has 2 heterocycles. The number of nitrogens with one attached hydrogen (secondary N) is 1. The summed E-state index contributed by atoms with van der Waals surface area (Å²) in [6.45, 7) is 2.49. The van der Waals surface area contributed by atoms with Gasteiger partial charge in [0, 0.05) is 24.0 Å². The van der Waals surface area contributed by atoms with E-state index in [1.807, 2.05) is 6.92 Å². The maximum absolute atomic E-state index is 12.2. The Bertz CT molecular complexity index is 678. The zero-order chi connectivity index (χ0) is 15.0. The van der Waals surface area contributed by atoms with E-state index in [1.165, 1.54) is 15.6 Å². The molecule has 9 heteroatoms. The predicted octanol–water partition coefficient (Wildman–Crippen LogP) is 0.759. The van der Waals surface area contributed by atoms with Gasteiger partial charge in [0.25, 0.3) is 0 Å². The highest BCUT2D eigenvalue weighted by atomic mass is 32.2. The number of thiophene rings is 1. The van der Waals surface area contributed by atoms with Gasteiger partial charge in [-0.1, -0.05) is 0 Å². The van der Waals surface area contributed by atoms with Gasteiger partial charge >= 0.3 is 0 Å². The van der Waals surface area contributed by atoms with Crippen molar-refractivity contribution in [1.29, 1.82) is 0 Å². The van der Waals surface area contributed by atoms with Crippen LogP contribution in [-0.2, 0) is 20.0 Å². The maximum Gasteiger partial charge on any atom is 0.250 e. The Kier molecular flexibility index (Phi) is 4.55. The van der Waals surface area contributed by atoms with Crippen molar-refractivity contribution in [2.45, 2.75) is 30.0 Å². The SMILES string of the molecule is Cc1ccc(S(=O)(=O)NC2CCCN(S(C)(=O)=O)C2)s1. The van der Waals surface area contributed by atoms with E-state index in [0.29, 0.717) is 19.4 Å². The molecule has 1 atom stereocenters. The molecule has 1 unspecified atom stereocenters. The summed E-state index contributed by atoms with van der Waals surface area (Å²) in [6, 6.07) is 2.95. The normalized spacial score (nSPS) is 22.0. The van der Waals surface area contributed by atoms with Crippen LogP contribution in [0.2, 0.25) is 0 Å². The summed E-state index contributed by atoms with van der Waals surface area (Å²) in [6.07, 6.45) is 2.45.